The van der Waals surface area contributed by atoms with E-state index in [1.165, 1.54) is 0 Å². The van der Waals surface area contributed by atoms with Crippen LogP contribution < -0.4 is 4.86 Å². The normalized spacial score (nSPS) is 9.60. The first-order valence-electron chi connectivity index (χ1n) is 0.812. The molecule has 5 heavy (non-hydrogen) atoms. The first-order valence-corrected chi connectivity index (χ1v) is 2.44. The Bertz CT molecular complexity index is 36.9. The Morgan fingerprint density at radius 2 is 1.60 bits per heavy atom. The number of hydrogen-bond donors (Lipinski definition) is 1. The largest absolute Gasteiger partial charge is 0.257 e. The van der Waals surface area contributed by atoms with Crippen molar-refractivity contribution in [2.45, 2.75) is 0 Å². The molecule has 0 aliphatic rings. The minimum atomic E-state index is -0.295. The highest BCUT2D eigenvalue weighted by atomic mass is 31.1. The van der Waals surface area contributed by atoms with E-state index in [9.17, 15) is 9.13 Å². The summed E-state index contributed by atoms with van der Waals surface area (Å²) in [6.45, 7) is 0. The van der Waals surface area contributed by atoms with Crippen molar-refractivity contribution in [1.29, 1.82) is 0 Å². The maximum absolute atomic E-state index is 9.18. The van der Waals surface area contributed by atoms with Gasteiger partial charge >= 0.3 is 0 Å². The maximum Gasteiger partial charge on any atom is 0.257 e. The lowest BCUT2D eigenvalue weighted by Crippen LogP contribution is -1.63. The summed E-state index contributed by atoms with van der Waals surface area (Å²) in [7, 11) is -0.590. The summed E-state index contributed by atoms with van der Waals surface area (Å²) in [5.41, 5.74) is 0. The summed E-state index contributed by atoms with van der Waals surface area (Å²) >= 11 is 0. The molecule has 0 saturated heterocycles. The highest BCUT2D eigenvalue weighted by molar-refractivity contribution is 7.38. The van der Waals surface area contributed by atoms with E-state index in [2.05, 4.69) is 0 Å². The maximum atomic E-state index is 9.18. The quantitative estimate of drug-likeness (QED) is 0.537. The van der Waals surface area contributed by atoms with Crippen molar-refractivity contribution in [3.63, 3.8) is 0 Å². The lowest BCUT2D eigenvalue weighted by molar-refractivity contribution is 0.589. The van der Waals surface area contributed by atoms with Crippen LogP contribution >= 0.6 is 17.2 Å². The molecule has 0 saturated carbocycles. The van der Waals surface area contributed by atoms with Gasteiger partial charge < -0.3 is 0 Å². The topological polar surface area (TPSA) is 46.2 Å². The third kappa shape index (κ3) is 4.16. The van der Waals surface area contributed by atoms with Crippen LogP contribution in [0.5, 0.6) is 0 Å². The number of nitrogens with one attached hydrogen (secondary N) is 1. The van der Waals surface area contributed by atoms with Crippen LogP contribution in [0.4, 0.5) is 0 Å². The zero-order valence-electron chi connectivity index (χ0n) is 2.21. The van der Waals surface area contributed by atoms with Gasteiger partial charge in [-0.15, -0.1) is 0 Å². The monoisotopic (exact) mass is 109 g/mol. The van der Waals surface area contributed by atoms with Crippen LogP contribution in [0, 0.1) is 0 Å². The van der Waals surface area contributed by atoms with E-state index in [0.29, 0.717) is 0 Å². The van der Waals surface area contributed by atoms with Gasteiger partial charge in [-0.3, -0.25) is 9.13 Å². The Morgan fingerprint density at radius 1 is 1.20 bits per heavy atom. The van der Waals surface area contributed by atoms with Gasteiger partial charge in [0.1, 0.15) is 0 Å². The summed E-state index contributed by atoms with van der Waals surface area (Å²) in [6, 6.07) is 0. The van der Waals surface area contributed by atoms with E-state index in [1.807, 2.05) is 4.86 Å². The molecule has 0 fully saturated rings. The zero-order valence-corrected chi connectivity index (χ0v) is 4.00. The van der Waals surface area contributed by atoms with E-state index in [0.717, 1.165) is 0 Å². The Morgan fingerprint density at radius 3 is 1.60 bits per heavy atom. The third-order valence-corrected chi connectivity index (χ3v) is 0.735. The number of rotatable bonds is 2. The first-order chi connectivity index (χ1) is 2.41. The van der Waals surface area contributed by atoms with Gasteiger partial charge in [-0.25, -0.2) is 0 Å². The highest BCUT2D eigenvalue weighted by Crippen LogP contribution is 1.88. The summed E-state index contributed by atoms with van der Waals surface area (Å²) in [5.74, 6) is 0. The van der Waals surface area contributed by atoms with Crippen molar-refractivity contribution in [3.05, 3.63) is 0 Å². The Balaban J connectivity index is 2.65. The molecular weight excluding hydrogens is 108 g/mol. The average Bonchev–Trinajstić information content (AvgIpc) is 1.41. The van der Waals surface area contributed by atoms with Crippen LogP contribution in [0.25, 0.3) is 0 Å². The lowest BCUT2D eigenvalue weighted by Gasteiger charge is -1.55. The molecule has 5 heteroatoms. The van der Waals surface area contributed by atoms with Crippen LogP contribution in [-0.4, -0.2) is 0 Å². The summed E-state index contributed by atoms with van der Waals surface area (Å²) in [5, 5.41) is 0. The van der Waals surface area contributed by atoms with Crippen LogP contribution in [0.1, 0.15) is 0 Å². The van der Waals surface area contributed by atoms with Crippen LogP contribution in [-0.2, 0) is 9.13 Å². The van der Waals surface area contributed by atoms with Gasteiger partial charge in [0.15, 0.2) is 0 Å². The second kappa shape index (κ2) is 4.16. The van der Waals surface area contributed by atoms with Crippen molar-refractivity contribution in [2.75, 3.05) is 0 Å². The van der Waals surface area contributed by atoms with E-state index in [-0.39, 0.29) is 17.2 Å². The molecular formula is HNO2P2. The molecule has 0 heterocycles. The first kappa shape index (κ1) is 5.16. The van der Waals surface area contributed by atoms with Crippen LogP contribution in [0.3, 0.4) is 0 Å². The Labute approximate surface area is 32.3 Å². The summed E-state index contributed by atoms with van der Waals surface area (Å²) < 4.78 is 18.4. The third-order valence-electron chi connectivity index (χ3n) is 0.0816. The van der Waals surface area contributed by atoms with Gasteiger partial charge in [0, 0.05) is 0 Å². The van der Waals surface area contributed by atoms with Crippen molar-refractivity contribution in [2.24, 2.45) is 0 Å². The fourth-order valence-electron chi connectivity index (χ4n) is 0.0167. The van der Waals surface area contributed by atoms with Gasteiger partial charge in [-0.2, -0.15) is 4.86 Å². The van der Waals surface area contributed by atoms with Gasteiger partial charge in [-0.05, 0) is 0 Å². The zero-order chi connectivity index (χ0) is 4.12. The molecule has 0 atom stereocenters. The fourth-order valence-corrected chi connectivity index (χ4v) is 0.150. The lowest BCUT2D eigenvalue weighted by atomic mass is 13.9. The second-order valence-corrected chi connectivity index (χ2v) is 1.45. The van der Waals surface area contributed by atoms with Crippen molar-refractivity contribution < 1.29 is 9.13 Å². The van der Waals surface area contributed by atoms with E-state index >= 15 is 0 Å². The van der Waals surface area contributed by atoms with Gasteiger partial charge in [0.25, 0.3) is 17.2 Å². The predicted molar refractivity (Wildman–Crippen MR) is 18.3 cm³/mol. The SMILES string of the molecule is O=PNP=O. The van der Waals surface area contributed by atoms with Gasteiger partial charge in [0.05, 0.1) is 0 Å². The average molecular weight is 109 g/mol. The van der Waals surface area contributed by atoms with Crippen LogP contribution in [0.2, 0.25) is 0 Å². The predicted octanol–water partition coefficient (Wildman–Crippen LogP) is 0.989. The van der Waals surface area contributed by atoms with E-state index in [4.69, 9.17) is 0 Å². The molecule has 1 N–H and O–H groups in total. The molecule has 0 aromatic carbocycles. The molecule has 0 spiro atoms. The van der Waals surface area contributed by atoms with Crippen molar-refractivity contribution in [3.8, 4) is 0 Å². The van der Waals surface area contributed by atoms with Crippen LogP contribution in [0.15, 0.2) is 0 Å². The standard InChI is InChI=1S/HNO2P2/c2-4-1-5-3/h(H,1,2,3). The Hall–Kier alpha value is 0.160. The Kier molecular flexibility index (Phi) is 4.29. The summed E-state index contributed by atoms with van der Waals surface area (Å²) in [4.78, 5) is 1.94. The highest BCUT2D eigenvalue weighted by Gasteiger charge is 1.64. The van der Waals surface area contributed by atoms with Crippen molar-refractivity contribution >= 4 is 17.2 Å². The molecule has 0 rings (SSSR count). The molecule has 0 aliphatic carbocycles. The minimum absolute atomic E-state index is 0.295. The number of hydrogen-bond acceptors (Lipinski definition) is 2. The molecule has 0 aliphatic heterocycles. The minimum Gasteiger partial charge on any atom is -0.255 e. The second-order valence-electron chi connectivity index (χ2n) is 0.283. The van der Waals surface area contributed by atoms with E-state index in [1.54, 1.807) is 0 Å². The molecule has 0 amide bonds. The van der Waals surface area contributed by atoms with Crippen molar-refractivity contribution in [1.82, 2.24) is 4.86 Å². The summed E-state index contributed by atoms with van der Waals surface area (Å²) in [6.07, 6.45) is 0. The molecule has 0 aromatic rings. The molecule has 28 valence electrons. The smallest absolute Gasteiger partial charge is 0.255 e. The molecule has 0 aromatic heterocycles. The van der Waals surface area contributed by atoms with Gasteiger partial charge in [0.2, 0.25) is 0 Å². The molecule has 0 unspecified atom stereocenters. The fraction of sp³-hybridized carbons (Fsp3) is 0. The van der Waals surface area contributed by atoms with E-state index < -0.39 is 0 Å². The molecule has 0 radical (unpaired) electrons. The molecule has 0 bridgehead atoms. The van der Waals surface area contributed by atoms with Gasteiger partial charge in [-0.1, -0.05) is 0 Å². The molecule has 3 nitrogen and oxygen atoms in total.